The van der Waals surface area contributed by atoms with Crippen molar-refractivity contribution >= 4 is 28.9 Å². The lowest BCUT2D eigenvalue weighted by atomic mass is 10.1. The predicted molar refractivity (Wildman–Crippen MR) is 111 cm³/mol. The van der Waals surface area contributed by atoms with Crippen molar-refractivity contribution in [2.24, 2.45) is 0 Å². The van der Waals surface area contributed by atoms with E-state index in [4.69, 9.17) is 9.51 Å². The Labute approximate surface area is 171 Å². The number of aryl methyl sites for hydroxylation is 1. The summed E-state index contributed by atoms with van der Waals surface area (Å²) in [5.74, 6) is 2.96. The van der Waals surface area contributed by atoms with Gasteiger partial charge in [-0.25, -0.2) is 15.0 Å². The van der Waals surface area contributed by atoms with E-state index in [9.17, 15) is 0 Å². The van der Waals surface area contributed by atoms with Crippen LogP contribution in [0.5, 0.6) is 0 Å². The maximum absolute atomic E-state index is 5.67. The summed E-state index contributed by atoms with van der Waals surface area (Å²) < 4.78 is 5.67. The maximum Gasteiger partial charge on any atom is 0.228 e. The Morgan fingerprint density at radius 3 is 2.93 bits per heavy atom. The molecule has 1 N–H and O–H groups in total. The van der Waals surface area contributed by atoms with E-state index in [1.807, 2.05) is 42.6 Å². The molecule has 0 aliphatic carbocycles. The van der Waals surface area contributed by atoms with E-state index in [1.165, 1.54) is 0 Å². The minimum Gasteiger partial charge on any atom is -0.358 e. The SMILES string of the molecule is Cc1cc(Nc2ccccn2)nc(N2CCC[C@H]2c2cc(-c3nccs3)no2)n1. The first-order valence-corrected chi connectivity index (χ1v) is 10.3. The summed E-state index contributed by atoms with van der Waals surface area (Å²) in [5.41, 5.74) is 1.66. The minimum absolute atomic E-state index is 0.0562. The van der Waals surface area contributed by atoms with Gasteiger partial charge in [-0.2, -0.15) is 4.98 Å². The molecule has 0 saturated carbocycles. The fourth-order valence-corrected chi connectivity index (χ4v) is 4.10. The van der Waals surface area contributed by atoms with Gasteiger partial charge in [-0.1, -0.05) is 11.2 Å². The van der Waals surface area contributed by atoms with Crippen molar-refractivity contribution in [1.82, 2.24) is 25.1 Å². The van der Waals surface area contributed by atoms with E-state index in [0.717, 1.165) is 53.2 Å². The van der Waals surface area contributed by atoms with Crippen LogP contribution in [-0.2, 0) is 0 Å². The van der Waals surface area contributed by atoms with Crippen LogP contribution >= 0.6 is 11.3 Å². The molecule has 0 spiro atoms. The lowest BCUT2D eigenvalue weighted by Gasteiger charge is -2.23. The van der Waals surface area contributed by atoms with Crippen molar-refractivity contribution in [2.45, 2.75) is 25.8 Å². The van der Waals surface area contributed by atoms with Crippen LogP contribution < -0.4 is 10.2 Å². The fraction of sp³-hybridized carbons (Fsp3) is 0.250. The van der Waals surface area contributed by atoms with Crippen LogP contribution in [0.2, 0.25) is 0 Å². The van der Waals surface area contributed by atoms with Crippen molar-refractivity contribution in [3.63, 3.8) is 0 Å². The molecule has 0 radical (unpaired) electrons. The first-order chi connectivity index (χ1) is 14.3. The van der Waals surface area contributed by atoms with Crippen LogP contribution in [-0.4, -0.2) is 31.6 Å². The molecule has 0 unspecified atom stereocenters. The third-order valence-corrected chi connectivity index (χ3v) is 5.58. The van der Waals surface area contributed by atoms with Crippen molar-refractivity contribution in [3.05, 3.63) is 59.6 Å². The Morgan fingerprint density at radius 2 is 2.10 bits per heavy atom. The van der Waals surface area contributed by atoms with Gasteiger partial charge in [0.15, 0.2) is 5.76 Å². The molecule has 4 aromatic heterocycles. The molecule has 29 heavy (non-hydrogen) atoms. The van der Waals surface area contributed by atoms with Gasteiger partial charge in [0.05, 0.1) is 6.04 Å². The Bertz CT molecular complexity index is 1100. The number of pyridine rings is 1. The van der Waals surface area contributed by atoms with E-state index >= 15 is 0 Å². The number of nitrogens with zero attached hydrogens (tertiary/aromatic N) is 6. The number of anilines is 3. The van der Waals surface area contributed by atoms with E-state index in [1.54, 1.807) is 23.7 Å². The highest BCUT2D eigenvalue weighted by atomic mass is 32.1. The Morgan fingerprint density at radius 1 is 1.14 bits per heavy atom. The summed E-state index contributed by atoms with van der Waals surface area (Å²) in [6.45, 7) is 2.83. The van der Waals surface area contributed by atoms with Crippen LogP contribution in [0.25, 0.3) is 10.7 Å². The third-order valence-electron chi connectivity index (χ3n) is 4.78. The van der Waals surface area contributed by atoms with Gasteiger partial charge in [0.25, 0.3) is 0 Å². The average molecular weight is 405 g/mol. The summed E-state index contributed by atoms with van der Waals surface area (Å²) in [6, 6.07) is 9.67. The zero-order valence-electron chi connectivity index (χ0n) is 15.8. The highest BCUT2D eigenvalue weighted by Gasteiger charge is 2.32. The second-order valence-corrected chi connectivity index (χ2v) is 7.73. The molecule has 0 aromatic carbocycles. The van der Waals surface area contributed by atoms with Crippen LogP contribution in [0.4, 0.5) is 17.6 Å². The molecule has 8 nitrogen and oxygen atoms in total. The summed E-state index contributed by atoms with van der Waals surface area (Å²) in [7, 11) is 0. The largest absolute Gasteiger partial charge is 0.358 e. The van der Waals surface area contributed by atoms with Crippen molar-refractivity contribution in [3.8, 4) is 10.7 Å². The molecule has 5 heterocycles. The number of nitrogens with one attached hydrogen (secondary N) is 1. The first kappa shape index (κ1) is 17.7. The molecule has 1 aliphatic rings. The lowest BCUT2D eigenvalue weighted by molar-refractivity contribution is 0.362. The van der Waals surface area contributed by atoms with Crippen LogP contribution in [0.15, 0.2) is 52.6 Å². The summed E-state index contributed by atoms with van der Waals surface area (Å²) in [5, 5.41) is 10.3. The van der Waals surface area contributed by atoms with Gasteiger partial charge in [-0.05, 0) is 31.9 Å². The smallest absolute Gasteiger partial charge is 0.228 e. The maximum atomic E-state index is 5.67. The van der Waals surface area contributed by atoms with Crippen LogP contribution in [0.1, 0.15) is 30.3 Å². The standard InChI is InChI=1S/C20H19N7OS/c1-13-11-18(24-17-6-2-3-7-21-17)25-20(23-13)27-9-4-5-15(27)16-12-14(26-28-16)19-22-8-10-29-19/h2-3,6-8,10-12,15H,4-5,9H2,1H3,(H,21,23,24,25)/t15-/m0/s1. The molecule has 1 atom stereocenters. The van der Waals surface area contributed by atoms with E-state index < -0.39 is 0 Å². The van der Waals surface area contributed by atoms with Crippen molar-refractivity contribution in [2.75, 3.05) is 16.8 Å². The Hall–Kier alpha value is -3.33. The molecular formula is C20H19N7OS. The quantitative estimate of drug-likeness (QED) is 0.523. The second kappa shape index (κ2) is 7.59. The number of thiazole rings is 1. The van der Waals surface area contributed by atoms with Gasteiger partial charge in [0, 0.05) is 42.1 Å². The molecule has 0 amide bonds. The predicted octanol–water partition coefficient (Wildman–Crippen LogP) is 4.38. The Balaban J connectivity index is 1.42. The molecule has 0 bridgehead atoms. The number of aromatic nitrogens is 5. The van der Waals surface area contributed by atoms with Gasteiger partial charge >= 0.3 is 0 Å². The lowest BCUT2D eigenvalue weighted by Crippen LogP contribution is -2.25. The van der Waals surface area contributed by atoms with E-state index in [2.05, 4.69) is 30.3 Å². The first-order valence-electron chi connectivity index (χ1n) is 9.43. The third kappa shape index (κ3) is 3.68. The molecule has 9 heteroatoms. The average Bonchev–Trinajstić information content (AvgIpc) is 3.48. The summed E-state index contributed by atoms with van der Waals surface area (Å²) >= 11 is 1.55. The van der Waals surface area contributed by atoms with E-state index in [-0.39, 0.29) is 6.04 Å². The van der Waals surface area contributed by atoms with Gasteiger partial charge in [-0.15, -0.1) is 11.3 Å². The van der Waals surface area contributed by atoms with E-state index in [0.29, 0.717) is 5.95 Å². The fourth-order valence-electron chi connectivity index (χ4n) is 3.51. The number of rotatable bonds is 5. The van der Waals surface area contributed by atoms with Gasteiger partial charge in [0.1, 0.15) is 22.3 Å². The summed E-state index contributed by atoms with van der Waals surface area (Å²) in [4.78, 5) is 20.2. The zero-order chi connectivity index (χ0) is 19.6. The zero-order valence-corrected chi connectivity index (χ0v) is 16.6. The molecule has 1 aliphatic heterocycles. The topological polar surface area (TPSA) is 92.9 Å². The number of hydrogen-bond acceptors (Lipinski definition) is 9. The highest BCUT2D eigenvalue weighted by Crippen LogP contribution is 2.36. The molecule has 1 fully saturated rings. The summed E-state index contributed by atoms with van der Waals surface area (Å²) in [6.07, 6.45) is 5.52. The monoisotopic (exact) mass is 405 g/mol. The molecular weight excluding hydrogens is 386 g/mol. The number of hydrogen-bond donors (Lipinski definition) is 1. The van der Waals surface area contributed by atoms with Gasteiger partial charge < -0.3 is 14.7 Å². The molecule has 5 rings (SSSR count). The minimum atomic E-state index is 0.0562. The second-order valence-electron chi connectivity index (χ2n) is 6.84. The van der Waals surface area contributed by atoms with Crippen molar-refractivity contribution < 1.29 is 4.52 Å². The Kier molecular flexibility index (Phi) is 4.65. The van der Waals surface area contributed by atoms with Gasteiger partial charge in [0.2, 0.25) is 5.95 Å². The normalized spacial score (nSPS) is 16.3. The van der Waals surface area contributed by atoms with Crippen LogP contribution in [0.3, 0.4) is 0 Å². The molecule has 4 aromatic rings. The van der Waals surface area contributed by atoms with Crippen LogP contribution in [0, 0.1) is 6.92 Å². The highest BCUT2D eigenvalue weighted by molar-refractivity contribution is 7.13. The molecule has 1 saturated heterocycles. The van der Waals surface area contributed by atoms with Gasteiger partial charge in [-0.3, -0.25) is 0 Å². The van der Waals surface area contributed by atoms with Crippen molar-refractivity contribution in [1.29, 1.82) is 0 Å². The molecule has 146 valence electrons.